The second kappa shape index (κ2) is 7.99. The van der Waals surface area contributed by atoms with Crippen molar-refractivity contribution in [3.05, 3.63) is 29.8 Å². The number of amides is 2. The number of ketones is 1. The van der Waals surface area contributed by atoms with E-state index in [0.29, 0.717) is 25.2 Å². The SMILES string of the molecule is CCN(CC)C(=O)N1CCCC(C(=O)c2ccc(OC)cc2)C1. The van der Waals surface area contributed by atoms with Gasteiger partial charge in [0.05, 0.1) is 7.11 Å². The third-order valence-corrected chi connectivity index (χ3v) is 4.47. The first-order chi connectivity index (χ1) is 11.1. The smallest absolute Gasteiger partial charge is 0.320 e. The number of methoxy groups -OCH3 is 1. The summed E-state index contributed by atoms with van der Waals surface area (Å²) in [4.78, 5) is 28.8. The zero-order chi connectivity index (χ0) is 16.8. The van der Waals surface area contributed by atoms with E-state index in [0.717, 1.165) is 25.1 Å². The lowest BCUT2D eigenvalue weighted by molar-refractivity contribution is 0.0822. The maximum atomic E-state index is 12.7. The van der Waals surface area contributed by atoms with Crippen molar-refractivity contribution in [3.8, 4) is 5.75 Å². The summed E-state index contributed by atoms with van der Waals surface area (Å²) in [5.74, 6) is 0.741. The average molecular weight is 318 g/mol. The lowest BCUT2D eigenvalue weighted by atomic mass is 9.90. The van der Waals surface area contributed by atoms with Gasteiger partial charge in [-0.05, 0) is 51.0 Å². The summed E-state index contributed by atoms with van der Waals surface area (Å²) in [6.45, 7) is 6.60. The quantitative estimate of drug-likeness (QED) is 0.784. The minimum atomic E-state index is -0.114. The Morgan fingerprint density at radius 1 is 1.22 bits per heavy atom. The van der Waals surface area contributed by atoms with Crippen LogP contribution in [0.5, 0.6) is 5.75 Å². The predicted molar refractivity (Wildman–Crippen MR) is 89.9 cm³/mol. The van der Waals surface area contributed by atoms with E-state index in [9.17, 15) is 9.59 Å². The minimum Gasteiger partial charge on any atom is -0.497 e. The second-order valence-electron chi connectivity index (χ2n) is 5.83. The number of carbonyl (C=O) groups is 2. The number of piperidine rings is 1. The Balaban J connectivity index is 2.04. The molecule has 2 amide bonds. The van der Waals surface area contributed by atoms with Crippen LogP contribution in [0.1, 0.15) is 37.0 Å². The molecule has 2 rings (SSSR count). The third-order valence-electron chi connectivity index (χ3n) is 4.47. The first kappa shape index (κ1) is 17.3. The largest absolute Gasteiger partial charge is 0.497 e. The van der Waals surface area contributed by atoms with Crippen molar-refractivity contribution >= 4 is 11.8 Å². The molecule has 1 aliphatic rings. The van der Waals surface area contributed by atoms with Gasteiger partial charge in [-0.15, -0.1) is 0 Å². The molecule has 1 saturated heterocycles. The van der Waals surface area contributed by atoms with Gasteiger partial charge in [0, 0.05) is 37.7 Å². The maximum absolute atomic E-state index is 12.7. The molecule has 1 aromatic carbocycles. The van der Waals surface area contributed by atoms with Crippen LogP contribution >= 0.6 is 0 Å². The molecule has 0 bridgehead atoms. The van der Waals surface area contributed by atoms with E-state index in [4.69, 9.17) is 4.74 Å². The fourth-order valence-corrected chi connectivity index (χ4v) is 3.05. The van der Waals surface area contributed by atoms with Gasteiger partial charge in [-0.1, -0.05) is 0 Å². The maximum Gasteiger partial charge on any atom is 0.320 e. The molecule has 5 nitrogen and oxygen atoms in total. The van der Waals surface area contributed by atoms with E-state index in [1.807, 2.05) is 18.7 Å². The van der Waals surface area contributed by atoms with Gasteiger partial charge >= 0.3 is 6.03 Å². The van der Waals surface area contributed by atoms with Crippen molar-refractivity contribution in [2.45, 2.75) is 26.7 Å². The number of benzene rings is 1. The highest BCUT2D eigenvalue weighted by Crippen LogP contribution is 2.23. The molecule has 126 valence electrons. The lowest BCUT2D eigenvalue weighted by Crippen LogP contribution is -2.48. The molecule has 1 aromatic rings. The Hall–Kier alpha value is -2.04. The van der Waals surface area contributed by atoms with Crippen molar-refractivity contribution in [1.29, 1.82) is 0 Å². The summed E-state index contributed by atoms with van der Waals surface area (Å²) < 4.78 is 5.12. The van der Waals surface area contributed by atoms with E-state index in [1.54, 1.807) is 36.3 Å². The number of urea groups is 1. The van der Waals surface area contributed by atoms with E-state index < -0.39 is 0 Å². The molecule has 1 heterocycles. The van der Waals surface area contributed by atoms with Crippen LogP contribution in [0.15, 0.2) is 24.3 Å². The number of Topliss-reactive ketones (excluding diaryl/α,β-unsaturated/α-hetero) is 1. The molecule has 23 heavy (non-hydrogen) atoms. The first-order valence-electron chi connectivity index (χ1n) is 8.32. The van der Waals surface area contributed by atoms with Gasteiger partial charge in [0.1, 0.15) is 5.75 Å². The molecule has 0 N–H and O–H groups in total. The van der Waals surface area contributed by atoms with Crippen LogP contribution in [0.3, 0.4) is 0 Å². The summed E-state index contributed by atoms with van der Waals surface area (Å²) in [7, 11) is 1.61. The zero-order valence-corrected chi connectivity index (χ0v) is 14.2. The summed E-state index contributed by atoms with van der Waals surface area (Å²) in [6.07, 6.45) is 1.71. The molecule has 0 aliphatic carbocycles. The fraction of sp³-hybridized carbons (Fsp3) is 0.556. The van der Waals surface area contributed by atoms with Crippen LogP contribution in [0.4, 0.5) is 4.79 Å². The zero-order valence-electron chi connectivity index (χ0n) is 14.2. The molecular weight excluding hydrogens is 292 g/mol. The van der Waals surface area contributed by atoms with E-state index in [2.05, 4.69) is 0 Å². The number of rotatable bonds is 5. The summed E-state index contributed by atoms with van der Waals surface area (Å²) in [6, 6.07) is 7.24. The number of nitrogens with zero attached hydrogens (tertiary/aromatic N) is 2. The van der Waals surface area contributed by atoms with E-state index in [-0.39, 0.29) is 17.7 Å². The number of hydrogen-bond acceptors (Lipinski definition) is 3. The normalized spacial score (nSPS) is 17.7. The Labute approximate surface area is 138 Å². The average Bonchev–Trinajstić information content (AvgIpc) is 2.62. The first-order valence-corrected chi connectivity index (χ1v) is 8.32. The topological polar surface area (TPSA) is 49.9 Å². The van der Waals surface area contributed by atoms with Crippen LogP contribution < -0.4 is 4.74 Å². The van der Waals surface area contributed by atoms with Crippen molar-refractivity contribution < 1.29 is 14.3 Å². The van der Waals surface area contributed by atoms with Crippen molar-refractivity contribution in [2.75, 3.05) is 33.3 Å². The highest BCUT2D eigenvalue weighted by atomic mass is 16.5. The second-order valence-corrected chi connectivity index (χ2v) is 5.83. The predicted octanol–water partition coefficient (Wildman–Crippen LogP) is 3.05. The highest BCUT2D eigenvalue weighted by Gasteiger charge is 2.30. The minimum absolute atomic E-state index is 0.0437. The highest BCUT2D eigenvalue weighted by molar-refractivity contribution is 5.98. The van der Waals surface area contributed by atoms with Crippen molar-refractivity contribution in [1.82, 2.24) is 9.80 Å². The third kappa shape index (κ3) is 4.03. The van der Waals surface area contributed by atoms with Crippen LogP contribution in [0.25, 0.3) is 0 Å². The number of ether oxygens (including phenoxy) is 1. The standard InChI is InChI=1S/C18H26N2O3/c1-4-19(5-2)18(22)20-12-6-7-15(13-20)17(21)14-8-10-16(23-3)11-9-14/h8-11,15H,4-7,12-13H2,1-3H3. The van der Waals surface area contributed by atoms with E-state index in [1.165, 1.54) is 0 Å². The van der Waals surface area contributed by atoms with Gasteiger partial charge in [-0.3, -0.25) is 4.79 Å². The molecule has 0 spiro atoms. The van der Waals surface area contributed by atoms with E-state index >= 15 is 0 Å². The molecule has 0 radical (unpaired) electrons. The number of likely N-dealkylation sites (tertiary alicyclic amines) is 1. The van der Waals surface area contributed by atoms with Crippen LogP contribution in [-0.4, -0.2) is 54.9 Å². The molecule has 0 aromatic heterocycles. The van der Waals surface area contributed by atoms with Gasteiger partial charge in [-0.25, -0.2) is 4.79 Å². The molecule has 1 unspecified atom stereocenters. The molecule has 0 saturated carbocycles. The molecule has 1 fully saturated rings. The summed E-state index contributed by atoms with van der Waals surface area (Å²) in [5, 5.41) is 0. The van der Waals surface area contributed by atoms with Crippen LogP contribution in [-0.2, 0) is 0 Å². The van der Waals surface area contributed by atoms with Gasteiger partial charge in [0.25, 0.3) is 0 Å². The monoisotopic (exact) mass is 318 g/mol. The number of hydrogen-bond donors (Lipinski definition) is 0. The van der Waals surface area contributed by atoms with Crippen molar-refractivity contribution in [2.24, 2.45) is 5.92 Å². The van der Waals surface area contributed by atoms with Gasteiger partial charge in [0.2, 0.25) is 0 Å². The Bertz CT molecular complexity index is 538. The van der Waals surface area contributed by atoms with Crippen molar-refractivity contribution in [3.63, 3.8) is 0 Å². The van der Waals surface area contributed by atoms with Crippen LogP contribution in [0, 0.1) is 5.92 Å². The number of carbonyl (C=O) groups excluding carboxylic acids is 2. The Morgan fingerprint density at radius 2 is 1.87 bits per heavy atom. The van der Waals surface area contributed by atoms with Gasteiger partial charge in [0.15, 0.2) is 5.78 Å². The fourth-order valence-electron chi connectivity index (χ4n) is 3.05. The Kier molecular flexibility index (Phi) is 6.02. The van der Waals surface area contributed by atoms with Gasteiger partial charge < -0.3 is 14.5 Å². The molecule has 1 atom stereocenters. The molecule has 5 heteroatoms. The van der Waals surface area contributed by atoms with Crippen LogP contribution in [0.2, 0.25) is 0 Å². The Morgan fingerprint density at radius 3 is 2.43 bits per heavy atom. The summed E-state index contributed by atoms with van der Waals surface area (Å²) in [5.41, 5.74) is 0.688. The lowest BCUT2D eigenvalue weighted by Gasteiger charge is -2.35. The molecule has 1 aliphatic heterocycles. The summed E-state index contributed by atoms with van der Waals surface area (Å²) >= 11 is 0. The van der Waals surface area contributed by atoms with Gasteiger partial charge in [-0.2, -0.15) is 0 Å². The molecular formula is C18H26N2O3.